The number of esters is 1. The van der Waals surface area contributed by atoms with Crippen LogP contribution in [-0.2, 0) is 4.74 Å². The number of hydrogen-bond donors (Lipinski definition) is 0. The van der Waals surface area contributed by atoms with Crippen molar-refractivity contribution in [3.05, 3.63) is 109 Å². The van der Waals surface area contributed by atoms with Gasteiger partial charge in [0.2, 0.25) is 0 Å². The number of thioether (sulfide) groups is 1. The van der Waals surface area contributed by atoms with E-state index in [-0.39, 0.29) is 5.97 Å². The standard InChI is InChI=1S/C27H30O3S/c1-29-27(28)25-20-14-15-21-26(25)31-23-17-10-8-6-4-2-3-5-7-9-16-22-30-24-18-12-11-13-19-24/h3-6,9-21H,2,7-8,22-23H2,1H3. The molecule has 0 aliphatic rings. The number of carbonyl (C=O) groups is 1. The molecule has 0 aliphatic carbocycles. The highest BCUT2D eigenvalue weighted by atomic mass is 32.2. The molecule has 0 atom stereocenters. The Hall–Kier alpha value is -2.98. The molecule has 0 bridgehead atoms. The van der Waals surface area contributed by atoms with Crippen LogP contribution in [0.1, 0.15) is 29.6 Å². The van der Waals surface area contributed by atoms with E-state index in [2.05, 4.69) is 42.5 Å². The van der Waals surface area contributed by atoms with E-state index in [1.54, 1.807) is 17.8 Å². The zero-order chi connectivity index (χ0) is 22.0. The predicted molar refractivity (Wildman–Crippen MR) is 131 cm³/mol. The molecular formula is C27H30O3S. The molecule has 0 fully saturated rings. The lowest BCUT2D eigenvalue weighted by atomic mass is 10.2. The number of methoxy groups -OCH3 is 1. The molecule has 0 amide bonds. The summed E-state index contributed by atoms with van der Waals surface area (Å²) >= 11 is 1.63. The maximum Gasteiger partial charge on any atom is 0.338 e. The van der Waals surface area contributed by atoms with Gasteiger partial charge in [0.15, 0.2) is 0 Å². The second kappa shape index (κ2) is 15.8. The molecular weight excluding hydrogens is 404 g/mol. The summed E-state index contributed by atoms with van der Waals surface area (Å²) in [5.41, 5.74) is 0.619. The van der Waals surface area contributed by atoms with Crippen LogP contribution in [0.3, 0.4) is 0 Å². The maximum absolute atomic E-state index is 11.8. The van der Waals surface area contributed by atoms with Gasteiger partial charge in [-0.15, -0.1) is 11.8 Å². The fraction of sp³-hybridized carbons (Fsp3) is 0.222. The molecule has 0 unspecified atom stereocenters. The normalized spacial score (nSPS) is 11.8. The van der Waals surface area contributed by atoms with Gasteiger partial charge >= 0.3 is 5.97 Å². The number of para-hydroxylation sites is 1. The molecule has 0 aromatic heterocycles. The first-order chi connectivity index (χ1) is 15.3. The van der Waals surface area contributed by atoms with Gasteiger partial charge in [-0.25, -0.2) is 4.79 Å². The maximum atomic E-state index is 11.8. The molecule has 2 aromatic rings. The minimum Gasteiger partial charge on any atom is -0.490 e. The third-order valence-corrected chi connectivity index (χ3v) is 5.23. The molecule has 0 saturated heterocycles. The fourth-order valence-electron chi connectivity index (χ4n) is 2.62. The van der Waals surface area contributed by atoms with E-state index >= 15 is 0 Å². The minimum atomic E-state index is -0.293. The van der Waals surface area contributed by atoms with Crippen molar-refractivity contribution in [2.75, 3.05) is 19.5 Å². The van der Waals surface area contributed by atoms with Gasteiger partial charge in [0.25, 0.3) is 0 Å². The lowest BCUT2D eigenvalue weighted by molar-refractivity contribution is 0.0597. The zero-order valence-corrected chi connectivity index (χ0v) is 18.8. The minimum absolute atomic E-state index is 0.293. The molecule has 0 spiro atoms. The molecule has 162 valence electrons. The van der Waals surface area contributed by atoms with Crippen LogP contribution in [0.15, 0.2) is 108 Å². The van der Waals surface area contributed by atoms with E-state index in [9.17, 15) is 4.79 Å². The number of carbonyl (C=O) groups excluding carboxylic acids is 1. The lowest BCUT2D eigenvalue weighted by Gasteiger charge is -2.05. The Morgan fingerprint density at radius 3 is 2.03 bits per heavy atom. The summed E-state index contributed by atoms with van der Waals surface area (Å²) in [5, 5.41) is 0. The first kappa shape index (κ1) is 24.3. The lowest BCUT2D eigenvalue weighted by Crippen LogP contribution is -2.02. The van der Waals surface area contributed by atoms with Crippen molar-refractivity contribution in [1.82, 2.24) is 0 Å². The second-order valence-corrected chi connectivity index (χ2v) is 7.58. The van der Waals surface area contributed by atoms with Crippen LogP contribution < -0.4 is 4.74 Å². The van der Waals surface area contributed by atoms with E-state index in [4.69, 9.17) is 9.47 Å². The second-order valence-electron chi connectivity index (χ2n) is 6.52. The third-order valence-electron chi connectivity index (χ3n) is 4.20. The first-order valence-electron chi connectivity index (χ1n) is 10.4. The van der Waals surface area contributed by atoms with Gasteiger partial charge < -0.3 is 9.47 Å². The van der Waals surface area contributed by atoms with Crippen molar-refractivity contribution in [3.8, 4) is 5.75 Å². The highest BCUT2D eigenvalue weighted by Gasteiger charge is 2.10. The predicted octanol–water partition coefficient (Wildman–Crippen LogP) is 7.04. The van der Waals surface area contributed by atoms with Crippen molar-refractivity contribution < 1.29 is 14.3 Å². The zero-order valence-electron chi connectivity index (χ0n) is 18.0. The van der Waals surface area contributed by atoms with Gasteiger partial charge in [-0.05, 0) is 43.5 Å². The number of rotatable bonds is 13. The molecule has 0 heterocycles. The SMILES string of the molecule is COC(=O)c1ccccc1SCC=CCC=CCC=CCC=CCOc1ccccc1. The van der Waals surface area contributed by atoms with E-state index in [0.717, 1.165) is 35.7 Å². The van der Waals surface area contributed by atoms with Crippen LogP contribution >= 0.6 is 11.8 Å². The van der Waals surface area contributed by atoms with E-state index in [1.165, 1.54) is 7.11 Å². The summed E-state index contributed by atoms with van der Waals surface area (Å²) in [6.07, 6.45) is 19.8. The number of allylic oxidation sites excluding steroid dienone is 6. The summed E-state index contributed by atoms with van der Waals surface area (Å²) < 4.78 is 10.4. The largest absolute Gasteiger partial charge is 0.490 e. The van der Waals surface area contributed by atoms with Crippen LogP contribution in [0.5, 0.6) is 5.75 Å². The molecule has 31 heavy (non-hydrogen) atoms. The fourth-order valence-corrected chi connectivity index (χ4v) is 3.51. The molecule has 0 N–H and O–H groups in total. The molecule has 4 heteroatoms. The Morgan fingerprint density at radius 2 is 1.35 bits per heavy atom. The Bertz CT molecular complexity index is 882. The summed E-state index contributed by atoms with van der Waals surface area (Å²) in [7, 11) is 1.41. The number of hydrogen-bond acceptors (Lipinski definition) is 4. The van der Waals surface area contributed by atoms with Gasteiger partial charge in [0, 0.05) is 10.6 Å². The highest BCUT2D eigenvalue weighted by Crippen LogP contribution is 2.23. The third kappa shape index (κ3) is 10.6. The number of benzene rings is 2. The summed E-state index contributed by atoms with van der Waals surface area (Å²) in [5.74, 6) is 1.42. The van der Waals surface area contributed by atoms with Crippen molar-refractivity contribution in [3.63, 3.8) is 0 Å². The Morgan fingerprint density at radius 1 is 0.774 bits per heavy atom. The Kier molecular flexibility index (Phi) is 12.4. The monoisotopic (exact) mass is 434 g/mol. The van der Waals surface area contributed by atoms with Crippen LogP contribution in [0, 0.1) is 0 Å². The quantitative estimate of drug-likeness (QED) is 0.192. The van der Waals surface area contributed by atoms with Gasteiger partial charge in [0.05, 0.1) is 12.7 Å². The molecule has 0 radical (unpaired) electrons. The van der Waals surface area contributed by atoms with Crippen molar-refractivity contribution >= 4 is 17.7 Å². The Labute approximate surface area is 190 Å². The van der Waals surface area contributed by atoms with Gasteiger partial charge in [-0.3, -0.25) is 0 Å². The number of ether oxygens (including phenoxy) is 2. The average Bonchev–Trinajstić information content (AvgIpc) is 2.82. The van der Waals surface area contributed by atoms with Crippen LogP contribution in [0.4, 0.5) is 0 Å². The van der Waals surface area contributed by atoms with E-state index in [1.807, 2.05) is 54.6 Å². The first-order valence-corrected chi connectivity index (χ1v) is 11.4. The van der Waals surface area contributed by atoms with E-state index in [0.29, 0.717) is 12.2 Å². The van der Waals surface area contributed by atoms with Gasteiger partial charge in [0.1, 0.15) is 12.4 Å². The van der Waals surface area contributed by atoms with Crippen LogP contribution in [0.25, 0.3) is 0 Å². The van der Waals surface area contributed by atoms with Gasteiger partial charge in [-0.2, -0.15) is 0 Å². The molecule has 3 nitrogen and oxygen atoms in total. The molecule has 2 rings (SSSR count). The van der Waals surface area contributed by atoms with Crippen LogP contribution in [0.2, 0.25) is 0 Å². The average molecular weight is 435 g/mol. The summed E-state index contributed by atoms with van der Waals surface area (Å²) in [6.45, 7) is 0.594. The molecule has 0 aliphatic heterocycles. The summed E-state index contributed by atoms with van der Waals surface area (Å²) in [6, 6.07) is 17.4. The highest BCUT2D eigenvalue weighted by molar-refractivity contribution is 7.99. The topological polar surface area (TPSA) is 35.5 Å². The van der Waals surface area contributed by atoms with Crippen LogP contribution in [-0.4, -0.2) is 25.4 Å². The molecule has 0 saturated carbocycles. The van der Waals surface area contributed by atoms with E-state index < -0.39 is 0 Å². The van der Waals surface area contributed by atoms with Crippen molar-refractivity contribution in [1.29, 1.82) is 0 Å². The summed E-state index contributed by atoms with van der Waals surface area (Å²) in [4.78, 5) is 12.7. The Balaban J connectivity index is 1.53. The van der Waals surface area contributed by atoms with Gasteiger partial charge in [-0.1, -0.05) is 78.9 Å². The molecule has 2 aromatic carbocycles. The smallest absolute Gasteiger partial charge is 0.338 e. The van der Waals surface area contributed by atoms with Crippen molar-refractivity contribution in [2.24, 2.45) is 0 Å². The van der Waals surface area contributed by atoms with Crippen molar-refractivity contribution in [2.45, 2.75) is 24.2 Å².